The van der Waals surface area contributed by atoms with Crippen LogP contribution >= 0.6 is 0 Å². The fraction of sp³-hybridized carbons (Fsp3) is 0.211. The lowest BCUT2D eigenvalue weighted by Crippen LogP contribution is -2.20. The molecule has 1 aliphatic heterocycles. The number of hydrogen-bond acceptors (Lipinski definition) is 1. The van der Waals surface area contributed by atoms with Crippen molar-refractivity contribution in [2.45, 2.75) is 20.8 Å². The van der Waals surface area contributed by atoms with Gasteiger partial charge < -0.3 is 4.90 Å². The van der Waals surface area contributed by atoms with Crippen molar-refractivity contribution in [3.8, 4) is 0 Å². The third-order valence-corrected chi connectivity index (χ3v) is 4.12. The Morgan fingerprint density at radius 2 is 1.62 bits per heavy atom. The zero-order valence-corrected chi connectivity index (χ0v) is 12.9. The van der Waals surface area contributed by atoms with Gasteiger partial charge in [0.2, 0.25) is 0 Å². The monoisotopic (exact) mass is 277 g/mol. The number of aryl methyl sites for hydroxylation is 3. The zero-order valence-electron chi connectivity index (χ0n) is 12.9. The molecule has 2 nitrogen and oxygen atoms in total. The highest BCUT2D eigenvalue weighted by Gasteiger charge is 2.29. The summed E-state index contributed by atoms with van der Waals surface area (Å²) in [5.41, 5.74) is 7.60. The molecule has 0 aliphatic carbocycles. The van der Waals surface area contributed by atoms with E-state index in [-0.39, 0.29) is 5.91 Å². The lowest BCUT2D eigenvalue weighted by atomic mass is 9.96. The van der Waals surface area contributed by atoms with Crippen molar-refractivity contribution in [1.82, 2.24) is 0 Å². The smallest absolute Gasteiger partial charge is 0.258 e. The van der Waals surface area contributed by atoms with Gasteiger partial charge in [0, 0.05) is 18.2 Å². The molecule has 0 saturated heterocycles. The molecule has 1 aliphatic rings. The summed E-state index contributed by atoms with van der Waals surface area (Å²) < 4.78 is 0. The molecule has 21 heavy (non-hydrogen) atoms. The standard InChI is InChI=1S/C19H19NO/c1-12-9-13(2)16(14(3)10-12)11-17-15-7-5-6-8-18(15)20(4)19(17)21/h5-11H,1-4H3. The fourth-order valence-electron chi connectivity index (χ4n) is 3.10. The molecular formula is C19H19NO. The van der Waals surface area contributed by atoms with E-state index in [1.54, 1.807) is 4.90 Å². The van der Waals surface area contributed by atoms with Crippen LogP contribution in [-0.4, -0.2) is 13.0 Å². The van der Waals surface area contributed by atoms with Gasteiger partial charge in [-0.25, -0.2) is 0 Å². The first-order chi connectivity index (χ1) is 9.99. The van der Waals surface area contributed by atoms with Crippen LogP contribution in [0.15, 0.2) is 36.4 Å². The minimum atomic E-state index is 0.0653. The number of hydrogen-bond donors (Lipinski definition) is 0. The molecule has 3 rings (SSSR count). The first kappa shape index (κ1) is 13.6. The number of carbonyl (C=O) groups is 1. The number of anilines is 1. The Morgan fingerprint density at radius 3 is 2.29 bits per heavy atom. The minimum Gasteiger partial charge on any atom is -0.311 e. The summed E-state index contributed by atoms with van der Waals surface area (Å²) in [5, 5.41) is 0. The van der Waals surface area contributed by atoms with Gasteiger partial charge in [-0.05, 0) is 49.6 Å². The number of nitrogens with zero attached hydrogens (tertiary/aromatic N) is 1. The second-order valence-electron chi connectivity index (χ2n) is 5.75. The Balaban J connectivity index is 2.20. The molecule has 0 radical (unpaired) electrons. The number of amides is 1. The van der Waals surface area contributed by atoms with E-state index in [1.807, 2.05) is 37.4 Å². The molecule has 0 unspecified atom stereocenters. The average Bonchev–Trinajstić information content (AvgIpc) is 2.67. The first-order valence-electron chi connectivity index (χ1n) is 7.16. The number of benzene rings is 2. The summed E-state index contributed by atoms with van der Waals surface area (Å²) in [4.78, 5) is 14.2. The quantitative estimate of drug-likeness (QED) is 0.718. The maximum atomic E-state index is 12.5. The molecule has 0 bridgehead atoms. The van der Waals surface area contributed by atoms with E-state index in [2.05, 4.69) is 32.9 Å². The van der Waals surface area contributed by atoms with Gasteiger partial charge in [0.15, 0.2) is 0 Å². The number of likely N-dealkylation sites (N-methyl/N-ethyl adjacent to an activating group) is 1. The largest absolute Gasteiger partial charge is 0.311 e. The van der Waals surface area contributed by atoms with Crippen LogP contribution in [-0.2, 0) is 4.79 Å². The summed E-state index contributed by atoms with van der Waals surface area (Å²) in [6, 6.07) is 12.3. The molecule has 0 N–H and O–H groups in total. The van der Waals surface area contributed by atoms with Crippen LogP contribution in [0.4, 0.5) is 5.69 Å². The summed E-state index contributed by atoms with van der Waals surface area (Å²) in [6.45, 7) is 6.30. The van der Waals surface area contributed by atoms with Gasteiger partial charge in [-0.15, -0.1) is 0 Å². The van der Waals surface area contributed by atoms with Gasteiger partial charge in [0.1, 0.15) is 0 Å². The van der Waals surface area contributed by atoms with Crippen molar-refractivity contribution >= 4 is 23.2 Å². The van der Waals surface area contributed by atoms with Gasteiger partial charge in [-0.3, -0.25) is 4.79 Å². The van der Waals surface area contributed by atoms with Gasteiger partial charge in [-0.2, -0.15) is 0 Å². The van der Waals surface area contributed by atoms with E-state index in [9.17, 15) is 4.79 Å². The van der Waals surface area contributed by atoms with Gasteiger partial charge in [-0.1, -0.05) is 35.9 Å². The van der Waals surface area contributed by atoms with Gasteiger partial charge >= 0.3 is 0 Å². The van der Waals surface area contributed by atoms with Crippen LogP contribution in [0.2, 0.25) is 0 Å². The van der Waals surface area contributed by atoms with Crippen LogP contribution in [0.3, 0.4) is 0 Å². The number of para-hydroxylation sites is 1. The Kier molecular flexibility index (Phi) is 3.17. The van der Waals surface area contributed by atoms with Crippen LogP contribution in [0, 0.1) is 20.8 Å². The topological polar surface area (TPSA) is 20.3 Å². The van der Waals surface area contributed by atoms with Crippen LogP contribution in [0.5, 0.6) is 0 Å². The van der Waals surface area contributed by atoms with Crippen molar-refractivity contribution in [2.75, 3.05) is 11.9 Å². The fourth-order valence-corrected chi connectivity index (χ4v) is 3.10. The molecule has 2 aromatic carbocycles. The molecule has 1 amide bonds. The minimum absolute atomic E-state index is 0.0653. The van der Waals surface area contributed by atoms with E-state index in [4.69, 9.17) is 0 Å². The van der Waals surface area contributed by atoms with E-state index in [0.29, 0.717) is 0 Å². The molecule has 0 atom stereocenters. The summed E-state index contributed by atoms with van der Waals surface area (Å²) >= 11 is 0. The summed E-state index contributed by atoms with van der Waals surface area (Å²) in [7, 11) is 1.83. The molecule has 1 heterocycles. The van der Waals surface area contributed by atoms with E-state index in [1.165, 1.54) is 16.7 Å². The lowest BCUT2D eigenvalue weighted by molar-refractivity contribution is -0.112. The molecule has 0 spiro atoms. The van der Waals surface area contributed by atoms with Gasteiger partial charge in [0.05, 0.1) is 5.69 Å². The molecular weight excluding hydrogens is 258 g/mol. The second kappa shape index (κ2) is 4.88. The van der Waals surface area contributed by atoms with Crippen molar-refractivity contribution in [2.24, 2.45) is 0 Å². The second-order valence-corrected chi connectivity index (χ2v) is 5.75. The average molecular weight is 277 g/mol. The molecule has 0 saturated carbocycles. The van der Waals surface area contributed by atoms with Crippen LogP contribution in [0.1, 0.15) is 27.8 Å². The molecule has 2 aromatic rings. The SMILES string of the molecule is Cc1cc(C)c(C=C2C(=O)N(C)c3ccccc32)c(C)c1. The van der Waals surface area contributed by atoms with E-state index >= 15 is 0 Å². The summed E-state index contributed by atoms with van der Waals surface area (Å²) in [6.07, 6.45) is 2.04. The third kappa shape index (κ3) is 2.17. The highest BCUT2D eigenvalue weighted by atomic mass is 16.2. The van der Waals surface area contributed by atoms with Crippen LogP contribution < -0.4 is 4.90 Å². The molecule has 0 aromatic heterocycles. The van der Waals surface area contributed by atoms with Crippen molar-refractivity contribution in [3.05, 3.63) is 64.2 Å². The van der Waals surface area contributed by atoms with E-state index < -0.39 is 0 Å². The molecule has 2 heteroatoms. The highest BCUT2D eigenvalue weighted by Crippen LogP contribution is 2.37. The van der Waals surface area contributed by atoms with Gasteiger partial charge in [0.25, 0.3) is 5.91 Å². The van der Waals surface area contributed by atoms with E-state index in [0.717, 1.165) is 22.4 Å². The Morgan fingerprint density at radius 1 is 1.00 bits per heavy atom. The Hall–Kier alpha value is -2.35. The predicted molar refractivity (Wildman–Crippen MR) is 88.4 cm³/mol. The van der Waals surface area contributed by atoms with Crippen molar-refractivity contribution in [1.29, 1.82) is 0 Å². The summed E-state index contributed by atoms with van der Waals surface area (Å²) in [5.74, 6) is 0.0653. The highest BCUT2D eigenvalue weighted by molar-refractivity contribution is 6.35. The molecule has 0 fully saturated rings. The Bertz CT molecular complexity index is 748. The lowest BCUT2D eigenvalue weighted by Gasteiger charge is -2.09. The predicted octanol–water partition coefficient (Wildman–Crippen LogP) is 4.13. The zero-order chi connectivity index (χ0) is 15.1. The van der Waals surface area contributed by atoms with Crippen molar-refractivity contribution < 1.29 is 4.79 Å². The van der Waals surface area contributed by atoms with Crippen LogP contribution in [0.25, 0.3) is 11.6 Å². The number of rotatable bonds is 1. The normalized spacial score (nSPS) is 15.7. The maximum absolute atomic E-state index is 12.5. The first-order valence-corrected chi connectivity index (χ1v) is 7.16. The maximum Gasteiger partial charge on any atom is 0.258 e. The number of carbonyl (C=O) groups excluding carboxylic acids is 1. The Labute approximate surface area is 125 Å². The van der Waals surface area contributed by atoms with Crippen molar-refractivity contribution in [3.63, 3.8) is 0 Å². The number of fused-ring (bicyclic) bond motifs is 1. The molecule has 106 valence electrons. The third-order valence-electron chi connectivity index (χ3n) is 4.12.